The largest absolute Gasteiger partial charge is 0.337 e. The first-order chi connectivity index (χ1) is 10.1. The Hall–Kier alpha value is -1.49. The van der Waals surface area contributed by atoms with E-state index < -0.39 is 0 Å². The third-order valence-corrected chi connectivity index (χ3v) is 4.96. The Bertz CT molecular complexity index is 507. The Kier molecular flexibility index (Phi) is 3.93. The predicted molar refractivity (Wildman–Crippen MR) is 81.2 cm³/mol. The quantitative estimate of drug-likeness (QED) is 0.854. The number of amides is 1. The van der Waals surface area contributed by atoms with Crippen molar-refractivity contribution < 1.29 is 4.79 Å². The molecule has 1 aromatic heterocycles. The summed E-state index contributed by atoms with van der Waals surface area (Å²) in [5.74, 6) is 0.734. The molecule has 21 heavy (non-hydrogen) atoms. The fraction of sp³-hybridized carbons (Fsp3) is 0.688. The van der Waals surface area contributed by atoms with Gasteiger partial charge in [-0.15, -0.1) is 0 Å². The molecule has 114 valence electrons. The first-order valence-corrected chi connectivity index (χ1v) is 7.90. The number of carbonyl (C=O) groups excluding carboxylic acids is 1. The highest BCUT2D eigenvalue weighted by Gasteiger charge is 2.37. The molecule has 1 aromatic rings. The molecule has 1 spiro atoms. The second kappa shape index (κ2) is 5.72. The minimum atomic E-state index is 0.0624. The number of rotatable bonds is 1. The van der Waals surface area contributed by atoms with E-state index in [1.165, 1.54) is 12.8 Å². The van der Waals surface area contributed by atoms with Crippen molar-refractivity contribution in [1.82, 2.24) is 20.2 Å². The van der Waals surface area contributed by atoms with Crippen molar-refractivity contribution in [2.75, 3.05) is 26.2 Å². The van der Waals surface area contributed by atoms with Gasteiger partial charge in [-0.1, -0.05) is 0 Å². The average Bonchev–Trinajstić information content (AvgIpc) is 2.47. The number of aromatic nitrogens is 2. The zero-order valence-electron chi connectivity index (χ0n) is 13.0. The molecule has 2 aliphatic rings. The van der Waals surface area contributed by atoms with Crippen LogP contribution in [0.5, 0.6) is 0 Å². The van der Waals surface area contributed by atoms with Crippen LogP contribution in [0.3, 0.4) is 0 Å². The van der Waals surface area contributed by atoms with Gasteiger partial charge >= 0.3 is 0 Å². The maximum absolute atomic E-state index is 12.6. The number of nitrogens with zero attached hydrogens (tertiary/aromatic N) is 3. The molecule has 0 radical (unpaired) electrons. The number of hydrogen-bond acceptors (Lipinski definition) is 4. The van der Waals surface area contributed by atoms with E-state index in [1.807, 2.05) is 18.7 Å². The van der Waals surface area contributed by atoms with Gasteiger partial charge in [-0.05, 0) is 64.1 Å². The van der Waals surface area contributed by atoms with E-state index in [0.29, 0.717) is 16.9 Å². The highest BCUT2D eigenvalue weighted by molar-refractivity contribution is 5.92. The van der Waals surface area contributed by atoms with Gasteiger partial charge in [0.2, 0.25) is 0 Å². The van der Waals surface area contributed by atoms with Crippen LogP contribution >= 0.6 is 0 Å². The van der Waals surface area contributed by atoms with Crippen molar-refractivity contribution in [3.05, 3.63) is 23.3 Å². The summed E-state index contributed by atoms with van der Waals surface area (Å²) in [7, 11) is 0. The summed E-state index contributed by atoms with van der Waals surface area (Å²) in [5.41, 5.74) is 1.87. The first kappa shape index (κ1) is 14.4. The van der Waals surface area contributed by atoms with Crippen LogP contribution < -0.4 is 5.32 Å². The molecule has 1 N–H and O–H groups in total. The van der Waals surface area contributed by atoms with Crippen LogP contribution in [0, 0.1) is 19.3 Å². The summed E-state index contributed by atoms with van der Waals surface area (Å²) in [5, 5.41) is 3.43. The molecule has 0 atom stereocenters. The van der Waals surface area contributed by atoms with Crippen LogP contribution in [0.4, 0.5) is 0 Å². The summed E-state index contributed by atoms with van der Waals surface area (Å²) in [6.07, 6.45) is 4.76. The SMILES string of the molecule is Cc1cc(C(=O)N2CCC3(CCNCC3)CC2)nc(C)n1. The van der Waals surface area contributed by atoms with Gasteiger partial charge in [0.1, 0.15) is 11.5 Å². The minimum Gasteiger partial charge on any atom is -0.337 e. The smallest absolute Gasteiger partial charge is 0.272 e. The molecule has 2 aliphatic heterocycles. The second-order valence-electron chi connectivity index (χ2n) is 6.48. The standard InChI is InChI=1S/C16H24N4O/c1-12-11-14(19-13(2)18-12)15(21)20-9-5-16(6-10-20)3-7-17-8-4-16/h11,17H,3-10H2,1-2H3. The molecule has 2 saturated heterocycles. The number of hydrogen-bond donors (Lipinski definition) is 1. The number of likely N-dealkylation sites (tertiary alicyclic amines) is 1. The Morgan fingerprint density at radius 3 is 2.43 bits per heavy atom. The predicted octanol–water partition coefficient (Wildman–Crippen LogP) is 1.70. The minimum absolute atomic E-state index is 0.0624. The third-order valence-electron chi connectivity index (χ3n) is 4.96. The monoisotopic (exact) mass is 288 g/mol. The van der Waals surface area contributed by atoms with E-state index in [9.17, 15) is 4.79 Å². The summed E-state index contributed by atoms with van der Waals surface area (Å²) in [6, 6.07) is 1.80. The normalized spacial score (nSPS) is 21.5. The summed E-state index contributed by atoms with van der Waals surface area (Å²) < 4.78 is 0. The maximum atomic E-state index is 12.6. The fourth-order valence-electron chi connectivity index (χ4n) is 3.63. The van der Waals surface area contributed by atoms with Gasteiger partial charge in [0, 0.05) is 18.8 Å². The van der Waals surface area contributed by atoms with Gasteiger partial charge in [-0.3, -0.25) is 4.79 Å². The zero-order valence-corrected chi connectivity index (χ0v) is 13.0. The molecular weight excluding hydrogens is 264 g/mol. The van der Waals surface area contributed by atoms with Gasteiger partial charge in [0.05, 0.1) is 0 Å². The van der Waals surface area contributed by atoms with E-state index in [-0.39, 0.29) is 5.91 Å². The van der Waals surface area contributed by atoms with E-state index in [2.05, 4.69) is 15.3 Å². The Morgan fingerprint density at radius 2 is 1.81 bits per heavy atom. The van der Waals surface area contributed by atoms with E-state index >= 15 is 0 Å². The van der Waals surface area contributed by atoms with Crippen molar-refractivity contribution in [2.45, 2.75) is 39.5 Å². The van der Waals surface area contributed by atoms with Gasteiger partial charge in [-0.25, -0.2) is 9.97 Å². The van der Waals surface area contributed by atoms with Crippen molar-refractivity contribution in [3.8, 4) is 0 Å². The molecule has 5 nitrogen and oxygen atoms in total. The molecule has 3 heterocycles. The number of nitrogens with one attached hydrogen (secondary N) is 1. The van der Waals surface area contributed by atoms with Crippen molar-refractivity contribution in [2.24, 2.45) is 5.41 Å². The maximum Gasteiger partial charge on any atom is 0.272 e. The number of piperidine rings is 2. The van der Waals surface area contributed by atoms with Gasteiger partial charge in [-0.2, -0.15) is 0 Å². The lowest BCUT2D eigenvalue weighted by molar-refractivity contribution is 0.0490. The van der Waals surface area contributed by atoms with Crippen LogP contribution in [0.1, 0.15) is 47.7 Å². The van der Waals surface area contributed by atoms with Crippen molar-refractivity contribution in [3.63, 3.8) is 0 Å². The molecule has 0 bridgehead atoms. The Morgan fingerprint density at radius 1 is 1.14 bits per heavy atom. The van der Waals surface area contributed by atoms with Gasteiger partial charge in [0.15, 0.2) is 0 Å². The van der Waals surface area contributed by atoms with Crippen LogP contribution in [0.2, 0.25) is 0 Å². The van der Waals surface area contributed by atoms with E-state index in [4.69, 9.17) is 0 Å². The third kappa shape index (κ3) is 3.07. The zero-order chi connectivity index (χ0) is 14.9. The molecule has 2 fully saturated rings. The van der Waals surface area contributed by atoms with Crippen LogP contribution in [-0.4, -0.2) is 47.0 Å². The summed E-state index contributed by atoms with van der Waals surface area (Å²) in [4.78, 5) is 23.1. The lowest BCUT2D eigenvalue weighted by atomic mass is 9.71. The molecule has 5 heteroatoms. The second-order valence-corrected chi connectivity index (χ2v) is 6.48. The fourth-order valence-corrected chi connectivity index (χ4v) is 3.63. The highest BCUT2D eigenvalue weighted by atomic mass is 16.2. The molecule has 0 unspecified atom stereocenters. The molecule has 0 saturated carbocycles. The summed E-state index contributed by atoms with van der Waals surface area (Å²) in [6.45, 7) is 7.72. The molecule has 0 aromatic carbocycles. The molecular formula is C16H24N4O. The average molecular weight is 288 g/mol. The number of aryl methyl sites for hydroxylation is 2. The van der Waals surface area contributed by atoms with Crippen molar-refractivity contribution in [1.29, 1.82) is 0 Å². The summed E-state index contributed by atoms with van der Waals surface area (Å²) >= 11 is 0. The van der Waals surface area contributed by atoms with Gasteiger partial charge in [0.25, 0.3) is 5.91 Å². The number of carbonyl (C=O) groups is 1. The first-order valence-electron chi connectivity index (χ1n) is 7.90. The topological polar surface area (TPSA) is 58.1 Å². The van der Waals surface area contributed by atoms with Crippen molar-refractivity contribution >= 4 is 5.91 Å². The van der Waals surface area contributed by atoms with E-state index in [1.54, 1.807) is 6.07 Å². The molecule has 3 rings (SSSR count). The molecule has 1 amide bonds. The Balaban J connectivity index is 1.67. The lowest BCUT2D eigenvalue weighted by Gasteiger charge is -2.44. The highest BCUT2D eigenvalue weighted by Crippen LogP contribution is 2.39. The van der Waals surface area contributed by atoms with Crippen LogP contribution in [0.25, 0.3) is 0 Å². The lowest BCUT2D eigenvalue weighted by Crippen LogP contribution is -2.47. The molecule has 0 aliphatic carbocycles. The van der Waals surface area contributed by atoms with Crippen LogP contribution in [0.15, 0.2) is 6.07 Å². The Labute approximate surface area is 126 Å². The van der Waals surface area contributed by atoms with Crippen LogP contribution in [-0.2, 0) is 0 Å². The van der Waals surface area contributed by atoms with Gasteiger partial charge < -0.3 is 10.2 Å². The van der Waals surface area contributed by atoms with E-state index in [0.717, 1.165) is 44.7 Å².